The molecule has 0 saturated heterocycles. The van der Waals surface area contributed by atoms with Gasteiger partial charge in [-0.15, -0.1) is 5.10 Å². The summed E-state index contributed by atoms with van der Waals surface area (Å²) in [6.45, 7) is 4.20. The highest BCUT2D eigenvalue weighted by Crippen LogP contribution is 2.25. The quantitative estimate of drug-likeness (QED) is 0.779. The number of carbonyl (C=O) groups excluding carboxylic acids is 1. The number of para-hydroxylation sites is 1. The van der Waals surface area contributed by atoms with Crippen molar-refractivity contribution in [3.8, 4) is 0 Å². The summed E-state index contributed by atoms with van der Waals surface area (Å²) in [5, 5.41) is 11.8. The van der Waals surface area contributed by atoms with Crippen molar-refractivity contribution in [3.63, 3.8) is 0 Å². The lowest BCUT2D eigenvalue weighted by atomic mass is 10.1. The molecule has 148 valence electrons. The van der Waals surface area contributed by atoms with Crippen LogP contribution in [-0.2, 0) is 4.79 Å². The van der Waals surface area contributed by atoms with Gasteiger partial charge in [0.1, 0.15) is 5.70 Å². The van der Waals surface area contributed by atoms with Gasteiger partial charge in [0.15, 0.2) is 11.3 Å². The Morgan fingerprint density at radius 2 is 1.93 bits per heavy atom. The molecule has 4 rings (SSSR count). The van der Waals surface area contributed by atoms with E-state index in [9.17, 15) is 4.79 Å². The van der Waals surface area contributed by atoms with Gasteiger partial charge in [-0.3, -0.25) is 15.1 Å². The van der Waals surface area contributed by atoms with Crippen molar-refractivity contribution in [2.45, 2.75) is 32.9 Å². The summed E-state index contributed by atoms with van der Waals surface area (Å²) in [5.74, 6) is 0.801. The van der Waals surface area contributed by atoms with Crippen LogP contribution in [0.25, 0.3) is 11.8 Å². The Kier molecular flexibility index (Phi) is 5.81. The smallest absolute Gasteiger partial charge is 0.276 e. The lowest BCUT2D eigenvalue weighted by Gasteiger charge is -2.34. The van der Waals surface area contributed by atoms with Crippen molar-refractivity contribution in [2.75, 3.05) is 5.75 Å². The van der Waals surface area contributed by atoms with Crippen LogP contribution in [0.1, 0.15) is 32.3 Å². The van der Waals surface area contributed by atoms with Gasteiger partial charge in [-0.05, 0) is 30.5 Å². The molecule has 2 aliphatic rings. The fourth-order valence-electron chi connectivity index (χ4n) is 3.39. The number of fused-ring (bicyclic) bond motifs is 2. The van der Waals surface area contributed by atoms with Crippen LogP contribution in [0.5, 0.6) is 0 Å². The molecule has 1 amide bonds. The Balaban J connectivity index is 1.79. The maximum absolute atomic E-state index is 13.0. The van der Waals surface area contributed by atoms with E-state index < -0.39 is 0 Å². The van der Waals surface area contributed by atoms with Crippen LogP contribution in [-0.4, -0.2) is 28.0 Å². The van der Waals surface area contributed by atoms with Gasteiger partial charge >= 0.3 is 0 Å². The molecule has 2 aromatic carbocycles. The van der Waals surface area contributed by atoms with E-state index in [1.54, 1.807) is 16.8 Å². The van der Waals surface area contributed by atoms with E-state index in [0.29, 0.717) is 10.9 Å². The van der Waals surface area contributed by atoms with Crippen molar-refractivity contribution in [2.24, 2.45) is 10.1 Å². The van der Waals surface area contributed by atoms with Gasteiger partial charge in [-0.2, -0.15) is 0 Å². The van der Waals surface area contributed by atoms with E-state index in [1.165, 1.54) is 0 Å². The second-order valence-corrected chi connectivity index (χ2v) is 8.16. The number of unbranched alkanes of at least 4 members (excludes halogenated alkanes) is 1. The van der Waals surface area contributed by atoms with Gasteiger partial charge in [0.2, 0.25) is 0 Å². The molecule has 6 heteroatoms. The Morgan fingerprint density at radius 3 is 2.72 bits per heavy atom. The van der Waals surface area contributed by atoms with E-state index in [4.69, 9.17) is 10.1 Å². The minimum absolute atomic E-state index is 0.126. The monoisotopic (exact) mass is 404 g/mol. The fourth-order valence-corrected chi connectivity index (χ4v) is 4.33. The minimum atomic E-state index is -0.354. The van der Waals surface area contributed by atoms with Crippen LogP contribution in [0.4, 0.5) is 0 Å². The molecule has 0 aromatic heterocycles. The topological polar surface area (TPSA) is 57.1 Å². The van der Waals surface area contributed by atoms with Gasteiger partial charge in [-0.1, -0.05) is 79.7 Å². The highest BCUT2D eigenvalue weighted by molar-refractivity contribution is 8.13. The third-order valence-corrected chi connectivity index (χ3v) is 5.80. The summed E-state index contributed by atoms with van der Waals surface area (Å²) in [7, 11) is 0. The number of hydrogen-bond acceptors (Lipinski definition) is 5. The molecule has 2 heterocycles. The standard InChI is InChI=1S/C23H24N4OS/c1-3-4-14-29-23-25-22(28)20-18-12-8-9-13-19(18)24-21(27(20)26-23)16(2)15-17-10-6-5-7-11-17/h5-13,15,21H,3-4,14H2,1-2H3,(H,25,26,28)/b16-15+. The number of amides is 1. The normalized spacial score (nSPS) is 18.4. The van der Waals surface area contributed by atoms with Gasteiger partial charge in [0.05, 0.1) is 5.36 Å². The van der Waals surface area contributed by atoms with Crippen LogP contribution >= 0.6 is 11.8 Å². The number of nitrogens with zero attached hydrogens (tertiary/aromatic N) is 3. The first-order chi connectivity index (χ1) is 14.2. The van der Waals surface area contributed by atoms with Crippen LogP contribution in [0.15, 0.2) is 70.3 Å². The molecule has 0 saturated carbocycles. The molecule has 1 unspecified atom stereocenters. The number of hydrogen-bond donors (Lipinski definition) is 1. The van der Waals surface area contributed by atoms with E-state index in [2.05, 4.69) is 30.4 Å². The highest BCUT2D eigenvalue weighted by atomic mass is 32.2. The Hall–Kier alpha value is -2.86. The van der Waals surface area contributed by atoms with Crippen molar-refractivity contribution in [1.29, 1.82) is 0 Å². The number of thioether (sulfide) groups is 1. The summed E-state index contributed by atoms with van der Waals surface area (Å²) >= 11 is 1.58. The van der Waals surface area contributed by atoms with Crippen molar-refractivity contribution >= 4 is 34.6 Å². The Bertz CT molecular complexity index is 1090. The maximum Gasteiger partial charge on any atom is 0.276 e. The molecule has 29 heavy (non-hydrogen) atoms. The van der Waals surface area contributed by atoms with Crippen molar-refractivity contribution in [3.05, 3.63) is 76.3 Å². The van der Waals surface area contributed by atoms with Gasteiger partial charge in [0.25, 0.3) is 5.91 Å². The highest BCUT2D eigenvalue weighted by Gasteiger charge is 2.34. The zero-order chi connectivity index (χ0) is 20.2. The number of hydrazone groups is 1. The van der Waals surface area contributed by atoms with Crippen LogP contribution in [0.3, 0.4) is 0 Å². The summed E-state index contributed by atoms with van der Waals surface area (Å²) in [4.78, 5) is 17.9. The average Bonchev–Trinajstić information content (AvgIpc) is 2.74. The van der Waals surface area contributed by atoms with E-state index >= 15 is 0 Å². The Morgan fingerprint density at radius 1 is 1.17 bits per heavy atom. The average molecular weight is 405 g/mol. The first kappa shape index (κ1) is 19.5. The Labute approximate surface area is 174 Å². The van der Waals surface area contributed by atoms with Crippen LogP contribution < -0.4 is 15.9 Å². The van der Waals surface area contributed by atoms with Crippen LogP contribution in [0, 0.1) is 0 Å². The van der Waals surface area contributed by atoms with Crippen molar-refractivity contribution < 1.29 is 4.79 Å². The van der Waals surface area contributed by atoms with Crippen LogP contribution in [0.2, 0.25) is 0 Å². The second kappa shape index (κ2) is 8.66. The molecule has 0 radical (unpaired) electrons. The van der Waals surface area contributed by atoms with E-state index in [-0.39, 0.29) is 12.1 Å². The van der Waals surface area contributed by atoms with Gasteiger partial charge < -0.3 is 0 Å². The summed E-state index contributed by atoms with van der Waals surface area (Å²) in [5.41, 5.74) is 2.68. The molecule has 0 fully saturated rings. The molecule has 5 nitrogen and oxygen atoms in total. The summed E-state index contributed by atoms with van der Waals surface area (Å²) in [6, 6.07) is 17.9. The molecule has 0 spiro atoms. The SMILES string of the molecule is CCCCSC1=NN2C(=c3ccccc3=NC2/C(C)=C/c2ccccc2)C(=O)N1. The number of benzene rings is 2. The zero-order valence-electron chi connectivity index (χ0n) is 16.6. The van der Waals surface area contributed by atoms with E-state index in [0.717, 1.165) is 40.3 Å². The van der Waals surface area contributed by atoms with Crippen molar-refractivity contribution in [1.82, 2.24) is 10.3 Å². The lowest BCUT2D eigenvalue weighted by Crippen LogP contribution is -2.52. The zero-order valence-corrected chi connectivity index (χ0v) is 17.4. The predicted octanol–water partition coefficient (Wildman–Crippen LogP) is 3.09. The second-order valence-electron chi connectivity index (χ2n) is 7.07. The number of nitrogens with one attached hydrogen (secondary N) is 1. The molecule has 0 bridgehead atoms. The summed E-state index contributed by atoms with van der Waals surface area (Å²) < 4.78 is 0. The van der Waals surface area contributed by atoms with Gasteiger partial charge in [0, 0.05) is 11.0 Å². The molecular formula is C23H24N4OS. The minimum Gasteiger partial charge on any atom is -0.298 e. The predicted molar refractivity (Wildman–Crippen MR) is 119 cm³/mol. The number of rotatable bonds is 5. The number of amidine groups is 1. The molecule has 2 aromatic rings. The maximum atomic E-state index is 13.0. The molecule has 1 N–H and O–H groups in total. The van der Waals surface area contributed by atoms with Gasteiger partial charge in [-0.25, -0.2) is 5.01 Å². The molecule has 0 aliphatic carbocycles. The molecular weight excluding hydrogens is 380 g/mol. The third-order valence-electron chi connectivity index (χ3n) is 4.85. The molecule has 2 aliphatic heterocycles. The fraction of sp³-hybridized carbons (Fsp3) is 0.261. The number of carbonyl (C=O) groups is 1. The summed E-state index contributed by atoms with van der Waals surface area (Å²) in [6.07, 6.45) is 3.94. The first-order valence-electron chi connectivity index (χ1n) is 9.90. The van der Waals surface area contributed by atoms with E-state index in [1.807, 2.05) is 49.4 Å². The third kappa shape index (κ3) is 4.12. The lowest BCUT2D eigenvalue weighted by molar-refractivity contribution is -0.116. The molecule has 1 atom stereocenters. The first-order valence-corrected chi connectivity index (χ1v) is 10.9. The largest absolute Gasteiger partial charge is 0.298 e.